The third kappa shape index (κ3) is 3.74. The quantitative estimate of drug-likeness (QED) is 0.863. The van der Waals surface area contributed by atoms with Crippen LogP contribution in [-0.4, -0.2) is 23.4 Å². The Labute approximate surface area is 107 Å². The second kappa shape index (κ2) is 6.40. The van der Waals surface area contributed by atoms with Gasteiger partial charge in [0.2, 0.25) is 0 Å². The largest absolute Gasteiger partial charge is 0.443 e. The van der Waals surface area contributed by atoms with Gasteiger partial charge in [0.1, 0.15) is 6.10 Å². The molecule has 0 saturated heterocycles. The van der Waals surface area contributed by atoms with Gasteiger partial charge in [-0.15, -0.1) is 0 Å². The minimum Gasteiger partial charge on any atom is -0.443 e. The molecule has 1 amide bonds. The Morgan fingerprint density at radius 3 is 2.72 bits per heavy atom. The molecule has 1 aliphatic rings. The van der Waals surface area contributed by atoms with Crippen LogP contribution in [0.4, 0.5) is 4.79 Å². The van der Waals surface area contributed by atoms with Crippen LogP contribution in [0.1, 0.15) is 31.2 Å². The molecule has 2 rings (SSSR count). The van der Waals surface area contributed by atoms with Crippen molar-refractivity contribution in [2.24, 2.45) is 0 Å². The predicted molar refractivity (Wildman–Crippen MR) is 68.0 cm³/mol. The molecule has 1 aliphatic carbocycles. The van der Waals surface area contributed by atoms with Gasteiger partial charge in [-0.3, -0.25) is 0 Å². The van der Waals surface area contributed by atoms with Crippen molar-refractivity contribution in [1.29, 1.82) is 0 Å². The fourth-order valence-corrected chi connectivity index (χ4v) is 2.16. The molecular formula is C14H19NO3. The van der Waals surface area contributed by atoms with E-state index in [1.807, 2.05) is 30.3 Å². The standard InChI is InChI=1S/C14H19NO3/c16-12-8-4-5-9-13(12)18-14(17)15-10-11-6-2-1-3-7-11/h1-3,6-7,12-13,16H,4-5,8-10H2,(H,15,17)/t12-,13+/m0/s1. The number of carbonyl (C=O) groups is 1. The molecule has 1 aromatic carbocycles. The molecule has 0 spiro atoms. The van der Waals surface area contributed by atoms with E-state index < -0.39 is 12.2 Å². The van der Waals surface area contributed by atoms with E-state index in [0.717, 1.165) is 31.2 Å². The second-order valence-electron chi connectivity index (χ2n) is 4.63. The third-order valence-corrected chi connectivity index (χ3v) is 3.21. The Morgan fingerprint density at radius 1 is 1.28 bits per heavy atom. The lowest BCUT2D eigenvalue weighted by atomic mass is 9.95. The van der Waals surface area contributed by atoms with Gasteiger partial charge >= 0.3 is 6.09 Å². The first-order valence-corrected chi connectivity index (χ1v) is 6.42. The van der Waals surface area contributed by atoms with E-state index in [2.05, 4.69) is 5.32 Å². The zero-order valence-electron chi connectivity index (χ0n) is 10.3. The van der Waals surface area contributed by atoms with E-state index in [-0.39, 0.29) is 6.10 Å². The zero-order valence-corrected chi connectivity index (χ0v) is 10.3. The highest BCUT2D eigenvalue weighted by Gasteiger charge is 2.26. The van der Waals surface area contributed by atoms with Gasteiger partial charge in [-0.2, -0.15) is 0 Å². The minimum absolute atomic E-state index is 0.352. The summed E-state index contributed by atoms with van der Waals surface area (Å²) in [4.78, 5) is 11.6. The molecule has 2 N–H and O–H groups in total. The van der Waals surface area contributed by atoms with Crippen molar-refractivity contribution >= 4 is 6.09 Å². The van der Waals surface area contributed by atoms with Gasteiger partial charge in [0.25, 0.3) is 0 Å². The monoisotopic (exact) mass is 249 g/mol. The molecule has 0 radical (unpaired) electrons. The average Bonchev–Trinajstić information content (AvgIpc) is 2.40. The maximum atomic E-state index is 11.6. The first-order chi connectivity index (χ1) is 8.75. The molecule has 98 valence electrons. The van der Waals surface area contributed by atoms with Gasteiger partial charge in [-0.25, -0.2) is 4.79 Å². The number of aliphatic hydroxyl groups is 1. The van der Waals surface area contributed by atoms with Crippen molar-refractivity contribution in [3.8, 4) is 0 Å². The van der Waals surface area contributed by atoms with Gasteiger partial charge in [0.15, 0.2) is 0 Å². The number of nitrogens with one attached hydrogen (secondary N) is 1. The highest BCUT2D eigenvalue weighted by atomic mass is 16.6. The Bertz CT molecular complexity index is 380. The van der Waals surface area contributed by atoms with E-state index in [4.69, 9.17) is 4.74 Å². The second-order valence-corrected chi connectivity index (χ2v) is 4.63. The molecule has 0 heterocycles. The molecule has 1 saturated carbocycles. The average molecular weight is 249 g/mol. The Morgan fingerprint density at radius 2 is 2.00 bits per heavy atom. The van der Waals surface area contributed by atoms with Gasteiger partial charge in [-0.05, 0) is 24.8 Å². The molecule has 18 heavy (non-hydrogen) atoms. The summed E-state index contributed by atoms with van der Waals surface area (Å²) < 4.78 is 5.23. The molecule has 0 unspecified atom stereocenters. The van der Waals surface area contributed by atoms with Crippen LogP contribution < -0.4 is 5.32 Å². The van der Waals surface area contributed by atoms with Crippen LogP contribution in [0.2, 0.25) is 0 Å². The van der Waals surface area contributed by atoms with Crippen molar-refractivity contribution in [1.82, 2.24) is 5.32 Å². The van der Waals surface area contributed by atoms with Gasteiger partial charge in [0.05, 0.1) is 6.10 Å². The molecule has 0 aromatic heterocycles. The maximum Gasteiger partial charge on any atom is 0.407 e. The number of rotatable bonds is 3. The molecule has 1 fully saturated rings. The molecule has 0 aliphatic heterocycles. The lowest BCUT2D eigenvalue weighted by Gasteiger charge is -2.27. The fraction of sp³-hybridized carbons (Fsp3) is 0.500. The Kier molecular flexibility index (Phi) is 4.59. The van der Waals surface area contributed by atoms with Crippen LogP contribution >= 0.6 is 0 Å². The summed E-state index contributed by atoms with van der Waals surface area (Å²) in [5.41, 5.74) is 1.03. The number of ether oxygens (including phenoxy) is 1. The van der Waals surface area contributed by atoms with E-state index in [0.29, 0.717) is 6.54 Å². The number of amides is 1. The molecule has 2 atom stereocenters. The summed E-state index contributed by atoms with van der Waals surface area (Å²) in [7, 11) is 0. The van der Waals surface area contributed by atoms with Crippen LogP contribution in [0.5, 0.6) is 0 Å². The van der Waals surface area contributed by atoms with Crippen LogP contribution in [0.25, 0.3) is 0 Å². The number of benzene rings is 1. The highest BCUT2D eigenvalue weighted by Crippen LogP contribution is 2.21. The number of aliphatic hydroxyl groups excluding tert-OH is 1. The van der Waals surface area contributed by atoms with Crippen molar-refractivity contribution in [3.63, 3.8) is 0 Å². The van der Waals surface area contributed by atoms with Crippen LogP contribution in [0, 0.1) is 0 Å². The van der Waals surface area contributed by atoms with E-state index >= 15 is 0 Å². The van der Waals surface area contributed by atoms with E-state index in [1.54, 1.807) is 0 Å². The zero-order chi connectivity index (χ0) is 12.8. The van der Waals surface area contributed by atoms with Crippen molar-refractivity contribution in [3.05, 3.63) is 35.9 Å². The van der Waals surface area contributed by atoms with Gasteiger partial charge in [0, 0.05) is 6.54 Å². The minimum atomic E-state index is -0.513. The summed E-state index contributed by atoms with van der Waals surface area (Å²) in [6, 6.07) is 9.66. The fourth-order valence-electron chi connectivity index (χ4n) is 2.16. The summed E-state index contributed by atoms with van der Waals surface area (Å²) in [6.45, 7) is 0.447. The van der Waals surface area contributed by atoms with Crippen molar-refractivity contribution in [2.45, 2.75) is 44.4 Å². The molecule has 0 bridgehead atoms. The highest BCUT2D eigenvalue weighted by molar-refractivity contribution is 5.67. The lowest BCUT2D eigenvalue weighted by molar-refractivity contribution is -0.0212. The topological polar surface area (TPSA) is 58.6 Å². The lowest BCUT2D eigenvalue weighted by Crippen LogP contribution is -2.37. The number of alkyl carbamates (subject to hydrolysis) is 1. The summed E-state index contributed by atoms with van der Waals surface area (Å²) in [5.74, 6) is 0. The van der Waals surface area contributed by atoms with Crippen molar-refractivity contribution < 1.29 is 14.6 Å². The van der Waals surface area contributed by atoms with E-state index in [1.165, 1.54) is 0 Å². The molecule has 4 nitrogen and oxygen atoms in total. The summed E-state index contributed by atoms with van der Waals surface area (Å²) >= 11 is 0. The maximum absolute atomic E-state index is 11.6. The Balaban J connectivity index is 1.75. The third-order valence-electron chi connectivity index (χ3n) is 3.21. The van der Waals surface area contributed by atoms with Crippen LogP contribution in [0.15, 0.2) is 30.3 Å². The predicted octanol–water partition coefficient (Wildman–Crippen LogP) is 2.22. The Hall–Kier alpha value is -1.55. The molecular weight excluding hydrogens is 230 g/mol. The summed E-state index contributed by atoms with van der Waals surface area (Å²) in [6.07, 6.45) is 2.16. The van der Waals surface area contributed by atoms with Gasteiger partial charge < -0.3 is 15.2 Å². The molecule has 1 aromatic rings. The molecule has 4 heteroatoms. The smallest absolute Gasteiger partial charge is 0.407 e. The first-order valence-electron chi connectivity index (χ1n) is 6.42. The number of hydrogen-bond donors (Lipinski definition) is 2. The van der Waals surface area contributed by atoms with Crippen LogP contribution in [-0.2, 0) is 11.3 Å². The van der Waals surface area contributed by atoms with Crippen LogP contribution in [0.3, 0.4) is 0 Å². The normalized spacial score (nSPS) is 23.4. The number of carbonyl (C=O) groups excluding carboxylic acids is 1. The first kappa shape index (κ1) is 12.9. The van der Waals surface area contributed by atoms with Crippen molar-refractivity contribution in [2.75, 3.05) is 0 Å². The van der Waals surface area contributed by atoms with E-state index in [9.17, 15) is 9.90 Å². The summed E-state index contributed by atoms with van der Waals surface area (Å²) in [5, 5.41) is 12.4. The SMILES string of the molecule is O=C(NCc1ccccc1)O[C@@H]1CCCC[C@@H]1O. The number of hydrogen-bond acceptors (Lipinski definition) is 3. The van der Waals surface area contributed by atoms with Gasteiger partial charge in [-0.1, -0.05) is 36.8 Å².